The van der Waals surface area contributed by atoms with Crippen LogP contribution in [-0.2, 0) is 14.4 Å². The number of oxime groups is 1. The summed E-state index contributed by atoms with van der Waals surface area (Å²) in [4.78, 5) is 17.4. The molecule has 0 spiro atoms. The molecule has 1 atom stereocenters. The van der Waals surface area contributed by atoms with E-state index in [9.17, 15) is 4.79 Å². The SMILES string of the molecule is N/C(=N\OCC(=O)NC12CC3CC(CC(C3)C1)C2)[C@@H]1CCOC1. The van der Waals surface area contributed by atoms with Crippen molar-refractivity contribution in [2.75, 3.05) is 19.8 Å². The Labute approximate surface area is 137 Å². The molecule has 0 aromatic heterocycles. The first-order valence-corrected chi connectivity index (χ1v) is 8.96. The molecule has 6 nitrogen and oxygen atoms in total. The minimum atomic E-state index is -0.0637. The molecule has 0 radical (unpaired) electrons. The fourth-order valence-electron chi connectivity index (χ4n) is 5.60. The number of nitrogens with zero attached hydrogens (tertiary/aromatic N) is 1. The quantitative estimate of drug-likeness (QED) is 0.455. The zero-order valence-electron chi connectivity index (χ0n) is 13.6. The Kier molecular flexibility index (Phi) is 3.95. The summed E-state index contributed by atoms with van der Waals surface area (Å²) < 4.78 is 5.27. The largest absolute Gasteiger partial charge is 0.384 e. The summed E-state index contributed by atoms with van der Waals surface area (Å²) in [5.74, 6) is 2.95. The van der Waals surface area contributed by atoms with E-state index in [-0.39, 0.29) is 24.0 Å². The van der Waals surface area contributed by atoms with Crippen LogP contribution < -0.4 is 11.1 Å². The highest BCUT2D eigenvalue weighted by atomic mass is 16.6. The van der Waals surface area contributed by atoms with Gasteiger partial charge in [0.2, 0.25) is 0 Å². The second kappa shape index (κ2) is 5.96. The zero-order valence-corrected chi connectivity index (χ0v) is 13.6. The van der Waals surface area contributed by atoms with Gasteiger partial charge in [-0.05, 0) is 62.7 Å². The van der Waals surface area contributed by atoms with Gasteiger partial charge in [0.1, 0.15) is 5.84 Å². The minimum Gasteiger partial charge on any atom is -0.384 e. The first-order chi connectivity index (χ1) is 11.1. The number of carbonyl (C=O) groups is 1. The number of amides is 1. The second-order valence-electron chi connectivity index (χ2n) is 8.10. The van der Waals surface area contributed by atoms with Crippen LogP contribution in [0.5, 0.6) is 0 Å². The van der Waals surface area contributed by atoms with E-state index in [0.717, 1.165) is 43.4 Å². The summed E-state index contributed by atoms with van der Waals surface area (Å²) in [5.41, 5.74) is 5.90. The van der Waals surface area contributed by atoms with Crippen LogP contribution in [0, 0.1) is 23.7 Å². The summed E-state index contributed by atoms with van der Waals surface area (Å²) in [5, 5.41) is 7.16. The summed E-state index contributed by atoms with van der Waals surface area (Å²) in [7, 11) is 0. The Bertz CT molecular complexity index is 464. The van der Waals surface area contributed by atoms with Gasteiger partial charge in [-0.3, -0.25) is 4.79 Å². The molecule has 4 aliphatic carbocycles. The van der Waals surface area contributed by atoms with E-state index in [1.807, 2.05) is 0 Å². The van der Waals surface area contributed by atoms with Crippen LogP contribution >= 0.6 is 0 Å². The van der Waals surface area contributed by atoms with Gasteiger partial charge in [-0.25, -0.2) is 0 Å². The van der Waals surface area contributed by atoms with Gasteiger partial charge >= 0.3 is 0 Å². The average molecular weight is 321 g/mol. The highest BCUT2D eigenvalue weighted by Gasteiger charge is 2.51. The molecule has 6 heteroatoms. The number of carbonyl (C=O) groups excluding carboxylic acids is 1. The highest BCUT2D eigenvalue weighted by Crippen LogP contribution is 2.55. The van der Waals surface area contributed by atoms with Crippen LogP contribution in [0.2, 0.25) is 0 Å². The van der Waals surface area contributed by atoms with Gasteiger partial charge in [-0.1, -0.05) is 5.16 Å². The highest BCUT2D eigenvalue weighted by molar-refractivity contribution is 5.83. The van der Waals surface area contributed by atoms with Crippen LogP contribution in [0.15, 0.2) is 5.16 Å². The van der Waals surface area contributed by atoms with Crippen LogP contribution in [0.3, 0.4) is 0 Å². The van der Waals surface area contributed by atoms with Gasteiger partial charge < -0.3 is 20.6 Å². The molecule has 5 aliphatic rings. The van der Waals surface area contributed by atoms with E-state index in [0.29, 0.717) is 19.0 Å². The van der Waals surface area contributed by atoms with Gasteiger partial charge in [-0.2, -0.15) is 0 Å². The van der Waals surface area contributed by atoms with Gasteiger partial charge in [-0.15, -0.1) is 0 Å². The molecule has 5 fully saturated rings. The third-order valence-electron chi connectivity index (χ3n) is 6.16. The fourth-order valence-corrected chi connectivity index (χ4v) is 5.60. The van der Waals surface area contributed by atoms with Crippen LogP contribution in [0.4, 0.5) is 0 Å². The zero-order chi connectivity index (χ0) is 15.9. The van der Waals surface area contributed by atoms with Crippen LogP contribution in [0.25, 0.3) is 0 Å². The maximum Gasteiger partial charge on any atom is 0.261 e. The molecular weight excluding hydrogens is 294 g/mol. The van der Waals surface area contributed by atoms with Crippen molar-refractivity contribution in [3.05, 3.63) is 0 Å². The molecule has 4 bridgehead atoms. The Balaban J connectivity index is 1.28. The van der Waals surface area contributed by atoms with Crippen molar-refractivity contribution in [3.8, 4) is 0 Å². The second-order valence-corrected chi connectivity index (χ2v) is 8.10. The van der Waals surface area contributed by atoms with Crippen molar-refractivity contribution in [1.29, 1.82) is 0 Å². The normalized spacial score (nSPS) is 42.0. The molecule has 23 heavy (non-hydrogen) atoms. The Morgan fingerprint density at radius 3 is 2.43 bits per heavy atom. The van der Waals surface area contributed by atoms with Crippen molar-refractivity contribution < 1.29 is 14.4 Å². The average Bonchev–Trinajstić information content (AvgIpc) is 2.99. The molecular formula is C17H27N3O3. The molecule has 1 aliphatic heterocycles. The van der Waals surface area contributed by atoms with Crippen molar-refractivity contribution in [3.63, 3.8) is 0 Å². The number of hydrogen-bond acceptors (Lipinski definition) is 4. The summed E-state index contributed by atoms with van der Waals surface area (Å²) in [6.45, 7) is 1.27. The number of hydrogen-bond donors (Lipinski definition) is 2. The van der Waals surface area contributed by atoms with Crippen molar-refractivity contribution >= 4 is 11.7 Å². The molecule has 1 heterocycles. The lowest BCUT2D eigenvalue weighted by Crippen LogP contribution is -2.60. The summed E-state index contributed by atoms with van der Waals surface area (Å²) >= 11 is 0. The van der Waals surface area contributed by atoms with Gasteiger partial charge in [0.15, 0.2) is 6.61 Å². The topological polar surface area (TPSA) is 85.9 Å². The number of nitrogens with one attached hydrogen (secondary N) is 1. The third kappa shape index (κ3) is 3.18. The van der Waals surface area contributed by atoms with E-state index in [4.69, 9.17) is 15.3 Å². The van der Waals surface area contributed by atoms with Crippen LogP contribution in [-0.4, -0.2) is 37.1 Å². The van der Waals surface area contributed by atoms with Crippen LogP contribution in [0.1, 0.15) is 44.9 Å². The summed E-state index contributed by atoms with van der Waals surface area (Å²) in [6.07, 6.45) is 8.43. The molecule has 0 aromatic carbocycles. The van der Waals surface area contributed by atoms with E-state index >= 15 is 0 Å². The Morgan fingerprint density at radius 2 is 1.87 bits per heavy atom. The number of rotatable bonds is 5. The van der Waals surface area contributed by atoms with E-state index < -0.39 is 0 Å². The predicted octanol–water partition coefficient (Wildman–Crippen LogP) is 1.40. The third-order valence-corrected chi connectivity index (χ3v) is 6.16. The lowest BCUT2D eigenvalue weighted by Gasteiger charge is -2.56. The molecule has 0 aromatic rings. The molecule has 1 saturated heterocycles. The Morgan fingerprint density at radius 1 is 1.22 bits per heavy atom. The molecule has 3 N–H and O–H groups in total. The van der Waals surface area contributed by atoms with Crippen molar-refractivity contribution in [1.82, 2.24) is 5.32 Å². The standard InChI is InChI=1S/C17H27N3O3/c18-16(14-1-2-22-9-14)20-23-10-15(21)19-17-6-11-3-12(7-17)5-13(4-11)8-17/h11-14H,1-10H2,(H2,18,20)(H,19,21)/t11?,12?,13?,14-,17?/m1/s1. The molecule has 128 valence electrons. The number of amidine groups is 1. The lowest BCUT2D eigenvalue weighted by atomic mass is 9.53. The maximum atomic E-state index is 12.3. The fraction of sp³-hybridized carbons (Fsp3) is 0.882. The predicted molar refractivity (Wildman–Crippen MR) is 85.5 cm³/mol. The smallest absolute Gasteiger partial charge is 0.261 e. The Hall–Kier alpha value is -1.30. The first-order valence-electron chi connectivity index (χ1n) is 8.96. The molecule has 5 rings (SSSR count). The molecule has 0 unspecified atom stereocenters. The van der Waals surface area contributed by atoms with Gasteiger partial charge in [0, 0.05) is 18.1 Å². The van der Waals surface area contributed by atoms with E-state index in [1.165, 1.54) is 19.3 Å². The monoisotopic (exact) mass is 321 g/mol. The molecule has 4 saturated carbocycles. The van der Waals surface area contributed by atoms with Gasteiger partial charge in [0.05, 0.1) is 6.61 Å². The first kappa shape index (κ1) is 15.2. The summed E-state index contributed by atoms with van der Waals surface area (Å²) in [6, 6.07) is 0. The van der Waals surface area contributed by atoms with Crippen molar-refractivity contribution in [2.45, 2.75) is 50.5 Å². The van der Waals surface area contributed by atoms with E-state index in [1.54, 1.807) is 0 Å². The number of ether oxygens (including phenoxy) is 1. The molecule has 1 amide bonds. The number of nitrogens with two attached hydrogens (primary N) is 1. The van der Waals surface area contributed by atoms with Crippen molar-refractivity contribution in [2.24, 2.45) is 34.6 Å². The maximum absolute atomic E-state index is 12.3. The van der Waals surface area contributed by atoms with Gasteiger partial charge in [0.25, 0.3) is 5.91 Å². The van der Waals surface area contributed by atoms with E-state index in [2.05, 4.69) is 10.5 Å². The minimum absolute atomic E-state index is 0.0315. The lowest BCUT2D eigenvalue weighted by molar-refractivity contribution is -0.131.